The van der Waals surface area contributed by atoms with Gasteiger partial charge in [-0.1, -0.05) is 90.5 Å². The molecule has 9 heteroatoms. The average Bonchev–Trinajstić information content (AvgIpc) is 3.45. The monoisotopic (exact) mass is 629 g/mol. The van der Waals surface area contributed by atoms with Gasteiger partial charge in [-0.25, -0.2) is 9.59 Å². The lowest BCUT2D eigenvalue weighted by molar-refractivity contribution is -0.202. The van der Waals surface area contributed by atoms with E-state index in [4.69, 9.17) is 30.5 Å². The molecule has 0 saturated heterocycles. The molecule has 1 aliphatic heterocycles. The minimum absolute atomic E-state index is 0.0186. The molecule has 234 valence electrons. The van der Waals surface area contributed by atoms with E-state index in [2.05, 4.69) is 5.32 Å². The van der Waals surface area contributed by atoms with Crippen LogP contribution in [-0.2, 0) is 38.3 Å². The molecule has 2 N–H and O–H groups in total. The first-order valence-electron chi connectivity index (χ1n) is 14.9. The molecule has 2 unspecified atom stereocenters. The molecule has 8 nitrogen and oxygen atoms in total. The number of fused-ring (bicyclic) bond motifs is 1. The van der Waals surface area contributed by atoms with Gasteiger partial charge in [-0.3, -0.25) is 0 Å². The largest absolute Gasteiger partial charge is 0.459 e. The van der Waals surface area contributed by atoms with Crippen molar-refractivity contribution in [3.05, 3.63) is 130 Å². The Bertz CT molecular complexity index is 1520. The summed E-state index contributed by atoms with van der Waals surface area (Å²) in [6.45, 7) is 2.38. The SMILES string of the molecule is CC(Cc1ccc2c(c1)OC(C(=O)OCCc1ccccc1)(C(=O)OCCc1ccccc1)O2)NCC(O)c1cccc(Cl)c1. The van der Waals surface area contributed by atoms with Crippen LogP contribution in [-0.4, -0.2) is 48.6 Å². The molecule has 45 heavy (non-hydrogen) atoms. The first-order chi connectivity index (χ1) is 21.8. The van der Waals surface area contributed by atoms with Crippen molar-refractivity contribution in [1.82, 2.24) is 5.32 Å². The predicted octanol–water partition coefficient (Wildman–Crippen LogP) is 5.63. The summed E-state index contributed by atoms with van der Waals surface area (Å²) >= 11 is 6.05. The third-order valence-corrected chi connectivity index (χ3v) is 7.66. The maximum absolute atomic E-state index is 13.4. The average molecular weight is 630 g/mol. The van der Waals surface area contributed by atoms with E-state index in [-0.39, 0.29) is 30.8 Å². The molecule has 0 radical (unpaired) electrons. The standard InChI is InChI=1S/C36H36ClNO7/c1-25(38-24-31(39)29-13-8-14-30(37)23-29)21-28-15-16-32-33(22-28)45-36(44-32,34(40)42-19-17-26-9-4-2-5-10-26)35(41)43-20-18-27-11-6-3-7-12-27/h2-16,22-23,25,31,38-39H,17-21,24H2,1H3. The van der Waals surface area contributed by atoms with Gasteiger partial charge in [0.05, 0.1) is 19.3 Å². The highest BCUT2D eigenvalue weighted by Crippen LogP contribution is 2.41. The van der Waals surface area contributed by atoms with Gasteiger partial charge in [-0.15, -0.1) is 0 Å². The third-order valence-electron chi connectivity index (χ3n) is 7.42. The summed E-state index contributed by atoms with van der Waals surface area (Å²) < 4.78 is 22.9. The maximum Gasteiger partial charge on any atom is 0.453 e. The predicted molar refractivity (Wildman–Crippen MR) is 170 cm³/mol. The lowest BCUT2D eigenvalue weighted by atomic mass is 10.1. The smallest absolute Gasteiger partial charge is 0.453 e. The molecule has 0 saturated carbocycles. The Morgan fingerprint density at radius 2 is 1.38 bits per heavy atom. The van der Waals surface area contributed by atoms with Gasteiger partial charge >= 0.3 is 17.7 Å². The summed E-state index contributed by atoms with van der Waals surface area (Å²) in [7, 11) is 0. The Balaban J connectivity index is 1.23. The number of carbonyl (C=O) groups is 2. The van der Waals surface area contributed by atoms with Crippen molar-refractivity contribution in [2.45, 2.75) is 44.1 Å². The number of rotatable bonds is 14. The van der Waals surface area contributed by atoms with Crippen molar-refractivity contribution >= 4 is 23.5 Å². The van der Waals surface area contributed by atoms with Gasteiger partial charge in [-0.05, 0) is 59.9 Å². The quantitative estimate of drug-likeness (QED) is 0.137. The molecule has 0 bridgehead atoms. The number of hydrogen-bond acceptors (Lipinski definition) is 8. The summed E-state index contributed by atoms with van der Waals surface area (Å²) in [5, 5.41) is 14.5. The summed E-state index contributed by atoms with van der Waals surface area (Å²) in [6, 6.07) is 31.5. The minimum Gasteiger partial charge on any atom is -0.459 e. The molecule has 4 aromatic rings. The van der Waals surface area contributed by atoms with Crippen molar-refractivity contribution in [2.24, 2.45) is 0 Å². The number of benzene rings is 4. The van der Waals surface area contributed by atoms with E-state index in [0.717, 1.165) is 22.3 Å². The number of aliphatic hydroxyl groups is 1. The zero-order chi connectivity index (χ0) is 31.6. The molecule has 0 spiro atoms. The second kappa shape index (κ2) is 15.1. The van der Waals surface area contributed by atoms with E-state index >= 15 is 0 Å². The summed E-state index contributed by atoms with van der Waals surface area (Å²) in [5.41, 5.74) is 3.57. The van der Waals surface area contributed by atoms with Crippen LogP contribution < -0.4 is 14.8 Å². The van der Waals surface area contributed by atoms with E-state index < -0.39 is 23.8 Å². The number of nitrogens with one attached hydrogen (secondary N) is 1. The fraction of sp³-hybridized carbons (Fsp3) is 0.278. The highest BCUT2D eigenvalue weighted by Gasteiger charge is 2.59. The number of halogens is 1. The lowest BCUT2D eigenvalue weighted by Gasteiger charge is -2.23. The van der Waals surface area contributed by atoms with Crippen LogP contribution in [0.2, 0.25) is 5.02 Å². The first kappa shape index (κ1) is 32.0. The van der Waals surface area contributed by atoms with E-state index in [1.807, 2.05) is 79.7 Å². The Morgan fingerprint density at radius 3 is 1.98 bits per heavy atom. The van der Waals surface area contributed by atoms with Gasteiger partial charge in [0.2, 0.25) is 0 Å². The Kier molecular flexibility index (Phi) is 10.7. The number of esters is 2. The van der Waals surface area contributed by atoms with Crippen molar-refractivity contribution in [3.63, 3.8) is 0 Å². The fourth-order valence-electron chi connectivity index (χ4n) is 5.00. The van der Waals surface area contributed by atoms with Crippen LogP contribution in [0.25, 0.3) is 0 Å². The van der Waals surface area contributed by atoms with E-state index in [0.29, 0.717) is 30.8 Å². The van der Waals surface area contributed by atoms with Crippen LogP contribution in [0.5, 0.6) is 11.5 Å². The lowest BCUT2D eigenvalue weighted by Crippen LogP contribution is -2.56. The molecule has 0 aliphatic carbocycles. The van der Waals surface area contributed by atoms with Crippen LogP contribution in [0.1, 0.15) is 35.3 Å². The van der Waals surface area contributed by atoms with Crippen LogP contribution in [0, 0.1) is 0 Å². The van der Waals surface area contributed by atoms with Crippen molar-refractivity contribution < 1.29 is 33.6 Å². The van der Waals surface area contributed by atoms with E-state index in [9.17, 15) is 14.7 Å². The molecule has 0 fully saturated rings. The zero-order valence-electron chi connectivity index (χ0n) is 25.0. The second-order valence-electron chi connectivity index (χ2n) is 10.9. The summed E-state index contributed by atoms with van der Waals surface area (Å²) in [4.78, 5) is 26.9. The molecule has 4 aromatic carbocycles. The van der Waals surface area contributed by atoms with E-state index in [1.165, 1.54) is 0 Å². The van der Waals surface area contributed by atoms with Gasteiger partial charge in [0.25, 0.3) is 0 Å². The molecule has 2 atom stereocenters. The van der Waals surface area contributed by atoms with Crippen molar-refractivity contribution in [2.75, 3.05) is 19.8 Å². The van der Waals surface area contributed by atoms with Crippen molar-refractivity contribution in [3.8, 4) is 11.5 Å². The number of hydrogen-bond donors (Lipinski definition) is 2. The minimum atomic E-state index is -2.42. The highest BCUT2D eigenvalue weighted by atomic mass is 35.5. The maximum atomic E-state index is 13.4. The Labute approximate surface area is 267 Å². The first-order valence-corrected chi connectivity index (χ1v) is 15.3. The van der Waals surface area contributed by atoms with Crippen LogP contribution in [0.15, 0.2) is 103 Å². The van der Waals surface area contributed by atoms with Gasteiger partial charge in [0, 0.05) is 30.5 Å². The Hall–Kier alpha value is -4.37. The molecule has 1 aliphatic rings. The van der Waals surface area contributed by atoms with Crippen LogP contribution in [0.3, 0.4) is 0 Å². The van der Waals surface area contributed by atoms with Crippen molar-refractivity contribution in [1.29, 1.82) is 0 Å². The van der Waals surface area contributed by atoms with E-state index in [1.54, 1.807) is 30.3 Å². The normalized spacial score (nSPS) is 14.4. The third kappa shape index (κ3) is 8.42. The van der Waals surface area contributed by atoms with Gasteiger partial charge < -0.3 is 29.4 Å². The number of carbonyl (C=O) groups excluding carboxylic acids is 2. The van der Waals surface area contributed by atoms with Gasteiger partial charge in [0.1, 0.15) is 0 Å². The zero-order valence-corrected chi connectivity index (χ0v) is 25.7. The molecule has 1 heterocycles. The van der Waals surface area contributed by atoms with Crippen LogP contribution >= 0.6 is 11.6 Å². The molecule has 0 aromatic heterocycles. The van der Waals surface area contributed by atoms with Gasteiger partial charge in [0.15, 0.2) is 11.5 Å². The molecular weight excluding hydrogens is 594 g/mol. The summed E-state index contributed by atoms with van der Waals surface area (Å²) in [5.74, 6) is -3.91. The van der Waals surface area contributed by atoms with Gasteiger partial charge in [-0.2, -0.15) is 0 Å². The molecular formula is C36H36ClNO7. The fourth-order valence-corrected chi connectivity index (χ4v) is 5.20. The highest BCUT2D eigenvalue weighted by molar-refractivity contribution is 6.30. The number of ether oxygens (including phenoxy) is 4. The molecule has 0 amide bonds. The second-order valence-corrected chi connectivity index (χ2v) is 11.4. The van der Waals surface area contributed by atoms with Crippen LogP contribution in [0.4, 0.5) is 0 Å². The Morgan fingerprint density at radius 1 is 0.778 bits per heavy atom. The molecule has 5 rings (SSSR count). The summed E-state index contributed by atoms with van der Waals surface area (Å²) in [6.07, 6.45) is 0.776. The topological polar surface area (TPSA) is 103 Å². The number of aliphatic hydroxyl groups excluding tert-OH is 1.